The van der Waals surface area contributed by atoms with Crippen LogP contribution in [-0.4, -0.2) is 22.8 Å². The zero-order valence-corrected chi connectivity index (χ0v) is 12.3. The highest BCUT2D eigenvalue weighted by molar-refractivity contribution is 14.1. The number of alkyl carbamates (subject to hydrolysis) is 1. The van der Waals surface area contributed by atoms with Crippen LogP contribution in [0.4, 0.5) is 9.59 Å². The number of amides is 2. The van der Waals surface area contributed by atoms with Crippen LogP contribution in [0.25, 0.3) is 0 Å². The maximum atomic E-state index is 11.4. The summed E-state index contributed by atoms with van der Waals surface area (Å²) in [6.07, 6.45) is -0.308. The van der Waals surface area contributed by atoms with Crippen molar-refractivity contribution in [2.75, 3.05) is 0 Å². The van der Waals surface area contributed by atoms with Crippen LogP contribution < -0.4 is 10.1 Å². The van der Waals surface area contributed by atoms with E-state index in [4.69, 9.17) is 9.47 Å². The molecule has 1 aromatic rings. The summed E-state index contributed by atoms with van der Waals surface area (Å²) in [5, 5.41) is 1.95. The van der Waals surface area contributed by atoms with Gasteiger partial charge in [0.25, 0.3) is 0 Å². The number of nitrogens with zero attached hydrogens (tertiary/aromatic N) is 1. The minimum atomic E-state index is -0.930. The minimum Gasteiger partial charge on any atom is -0.443 e. The number of hydrogen-bond acceptors (Lipinski definition) is 5. The SMILES string of the molecule is CC(C)(C)OC(=O)NC(=O)Oc1ncccc1I. The molecule has 0 atom stereocenters. The lowest BCUT2D eigenvalue weighted by atomic mass is 10.2. The molecule has 2 amide bonds. The molecule has 1 aromatic heterocycles. The molecular weight excluding hydrogens is 351 g/mol. The molecule has 0 aliphatic heterocycles. The highest BCUT2D eigenvalue weighted by Gasteiger charge is 2.19. The van der Waals surface area contributed by atoms with E-state index in [0.29, 0.717) is 3.57 Å². The second kappa shape index (κ2) is 5.98. The predicted octanol–water partition coefficient (Wildman–Crippen LogP) is 2.71. The summed E-state index contributed by atoms with van der Waals surface area (Å²) in [7, 11) is 0. The number of carbonyl (C=O) groups excluding carboxylic acids is 2. The third kappa shape index (κ3) is 5.30. The van der Waals surface area contributed by atoms with Gasteiger partial charge in [-0.1, -0.05) is 0 Å². The van der Waals surface area contributed by atoms with E-state index < -0.39 is 17.8 Å². The standard InChI is InChI=1S/C11H13IN2O4/c1-11(2,3)18-10(16)14-9(15)17-8-7(12)5-4-6-13-8/h4-6H,1-3H3,(H,14,15,16). The number of ether oxygens (including phenoxy) is 2. The van der Waals surface area contributed by atoms with Crippen molar-refractivity contribution < 1.29 is 19.1 Å². The van der Waals surface area contributed by atoms with Crippen molar-refractivity contribution in [2.24, 2.45) is 0 Å². The molecule has 1 N–H and O–H groups in total. The molecule has 1 heterocycles. The highest BCUT2D eigenvalue weighted by atomic mass is 127. The van der Waals surface area contributed by atoms with Crippen molar-refractivity contribution in [2.45, 2.75) is 26.4 Å². The third-order valence-corrected chi connectivity index (χ3v) is 2.34. The van der Waals surface area contributed by atoms with Gasteiger partial charge in [0.1, 0.15) is 5.60 Å². The Bertz CT molecular complexity index is 457. The topological polar surface area (TPSA) is 77.5 Å². The molecule has 18 heavy (non-hydrogen) atoms. The number of aromatic nitrogens is 1. The summed E-state index contributed by atoms with van der Waals surface area (Å²) in [6, 6.07) is 3.43. The third-order valence-electron chi connectivity index (χ3n) is 1.52. The Kier molecular flexibility index (Phi) is 4.88. The fraction of sp³-hybridized carbons (Fsp3) is 0.364. The lowest BCUT2D eigenvalue weighted by Gasteiger charge is -2.18. The summed E-state index contributed by atoms with van der Waals surface area (Å²) in [4.78, 5) is 26.5. The Morgan fingerprint density at radius 1 is 1.33 bits per heavy atom. The first-order valence-corrected chi connectivity index (χ1v) is 6.18. The molecule has 1 rings (SSSR count). The van der Waals surface area contributed by atoms with Gasteiger partial charge >= 0.3 is 12.2 Å². The molecule has 6 nitrogen and oxygen atoms in total. The highest BCUT2D eigenvalue weighted by Crippen LogP contribution is 2.16. The summed E-state index contributed by atoms with van der Waals surface area (Å²) < 4.78 is 10.4. The van der Waals surface area contributed by atoms with Crippen LogP contribution in [0.5, 0.6) is 5.88 Å². The molecule has 0 unspecified atom stereocenters. The average Bonchev–Trinajstić information content (AvgIpc) is 2.18. The molecule has 0 fully saturated rings. The summed E-state index contributed by atoms with van der Waals surface area (Å²) in [6.45, 7) is 5.08. The van der Waals surface area contributed by atoms with E-state index in [0.717, 1.165) is 0 Å². The number of carbonyl (C=O) groups is 2. The van der Waals surface area contributed by atoms with Crippen molar-refractivity contribution in [3.05, 3.63) is 21.9 Å². The van der Waals surface area contributed by atoms with E-state index in [2.05, 4.69) is 4.98 Å². The Balaban J connectivity index is 2.53. The van der Waals surface area contributed by atoms with E-state index in [1.165, 1.54) is 6.20 Å². The number of imide groups is 1. The van der Waals surface area contributed by atoms with Gasteiger partial charge < -0.3 is 9.47 Å². The van der Waals surface area contributed by atoms with Crippen LogP contribution in [0.2, 0.25) is 0 Å². The van der Waals surface area contributed by atoms with Crippen molar-refractivity contribution >= 4 is 34.8 Å². The molecule has 0 saturated carbocycles. The van der Waals surface area contributed by atoms with Gasteiger partial charge in [-0.15, -0.1) is 0 Å². The quantitative estimate of drug-likeness (QED) is 0.776. The van der Waals surface area contributed by atoms with Crippen molar-refractivity contribution in [3.8, 4) is 5.88 Å². The number of rotatable bonds is 1. The van der Waals surface area contributed by atoms with Gasteiger partial charge in [-0.2, -0.15) is 0 Å². The normalized spacial score (nSPS) is 10.7. The summed E-state index contributed by atoms with van der Waals surface area (Å²) in [5.74, 6) is 0.138. The molecule has 0 aliphatic rings. The zero-order valence-electron chi connectivity index (χ0n) is 10.2. The first-order chi connectivity index (χ1) is 8.28. The number of hydrogen-bond donors (Lipinski definition) is 1. The van der Waals surface area contributed by atoms with Crippen LogP contribution in [0.1, 0.15) is 20.8 Å². The van der Waals surface area contributed by atoms with Crippen molar-refractivity contribution in [1.29, 1.82) is 0 Å². The van der Waals surface area contributed by atoms with E-state index in [-0.39, 0.29) is 5.88 Å². The first-order valence-electron chi connectivity index (χ1n) is 5.10. The number of pyridine rings is 1. The van der Waals surface area contributed by atoms with Gasteiger partial charge in [-0.3, -0.25) is 0 Å². The molecule has 7 heteroatoms. The Morgan fingerprint density at radius 3 is 2.56 bits per heavy atom. The van der Waals surface area contributed by atoms with Gasteiger partial charge in [-0.25, -0.2) is 19.9 Å². The summed E-state index contributed by atoms with van der Waals surface area (Å²) in [5.41, 5.74) is -0.677. The fourth-order valence-electron chi connectivity index (χ4n) is 0.947. The molecule has 0 aliphatic carbocycles. The zero-order chi connectivity index (χ0) is 13.8. The molecule has 0 aromatic carbocycles. The molecule has 98 valence electrons. The Labute approximate surface area is 118 Å². The molecule has 0 radical (unpaired) electrons. The average molecular weight is 364 g/mol. The largest absolute Gasteiger partial charge is 0.443 e. The van der Waals surface area contributed by atoms with Gasteiger partial charge in [0, 0.05) is 6.20 Å². The van der Waals surface area contributed by atoms with Gasteiger partial charge in [0.15, 0.2) is 0 Å². The Morgan fingerprint density at radius 2 is 2.00 bits per heavy atom. The van der Waals surface area contributed by atoms with E-state index in [1.54, 1.807) is 32.9 Å². The molecule has 0 bridgehead atoms. The van der Waals surface area contributed by atoms with Crippen LogP contribution in [0.15, 0.2) is 18.3 Å². The monoisotopic (exact) mass is 364 g/mol. The molecular formula is C11H13IN2O4. The first kappa shape index (κ1) is 14.7. The fourth-order valence-corrected chi connectivity index (χ4v) is 1.40. The molecule has 0 spiro atoms. The minimum absolute atomic E-state index is 0.138. The number of nitrogens with one attached hydrogen (secondary N) is 1. The van der Waals surface area contributed by atoms with E-state index >= 15 is 0 Å². The second-order valence-corrected chi connectivity index (χ2v) is 5.47. The lowest BCUT2D eigenvalue weighted by molar-refractivity contribution is 0.0533. The van der Waals surface area contributed by atoms with Gasteiger partial charge in [-0.05, 0) is 55.5 Å². The maximum absolute atomic E-state index is 11.4. The van der Waals surface area contributed by atoms with Crippen LogP contribution >= 0.6 is 22.6 Å². The second-order valence-electron chi connectivity index (χ2n) is 4.31. The van der Waals surface area contributed by atoms with Crippen molar-refractivity contribution in [1.82, 2.24) is 10.3 Å². The summed E-state index contributed by atoms with van der Waals surface area (Å²) >= 11 is 1.97. The van der Waals surface area contributed by atoms with Gasteiger partial charge in [0.05, 0.1) is 3.57 Å². The van der Waals surface area contributed by atoms with E-state index in [9.17, 15) is 9.59 Å². The van der Waals surface area contributed by atoms with E-state index in [1.807, 2.05) is 27.9 Å². The Hall–Kier alpha value is -1.38. The van der Waals surface area contributed by atoms with Crippen LogP contribution in [0, 0.1) is 3.57 Å². The van der Waals surface area contributed by atoms with Crippen LogP contribution in [0.3, 0.4) is 0 Å². The molecule has 0 saturated heterocycles. The van der Waals surface area contributed by atoms with Gasteiger partial charge in [0.2, 0.25) is 5.88 Å². The number of halogens is 1. The van der Waals surface area contributed by atoms with Crippen LogP contribution in [-0.2, 0) is 4.74 Å². The lowest BCUT2D eigenvalue weighted by Crippen LogP contribution is -2.38. The predicted molar refractivity (Wildman–Crippen MR) is 72.3 cm³/mol. The van der Waals surface area contributed by atoms with Crippen molar-refractivity contribution in [3.63, 3.8) is 0 Å². The maximum Gasteiger partial charge on any atom is 0.423 e. The smallest absolute Gasteiger partial charge is 0.423 e.